The fraction of sp³-hybridized carbons (Fsp3) is 0.312. The van der Waals surface area contributed by atoms with Crippen LogP contribution in [0.15, 0.2) is 24.3 Å². The van der Waals surface area contributed by atoms with Gasteiger partial charge in [-0.05, 0) is 32.9 Å². The van der Waals surface area contributed by atoms with Crippen LogP contribution in [0.25, 0.3) is 10.6 Å². The number of nitrogens with zero attached hydrogens (tertiary/aromatic N) is 1. The smallest absolute Gasteiger partial charge is 0.308 e. The van der Waals surface area contributed by atoms with E-state index in [0.717, 1.165) is 10.6 Å². The molecular formula is C16H17ClN2O3S. The van der Waals surface area contributed by atoms with E-state index in [9.17, 15) is 9.59 Å². The van der Waals surface area contributed by atoms with Crippen LogP contribution in [0.3, 0.4) is 0 Å². The Morgan fingerprint density at radius 2 is 1.87 bits per heavy atom. The molecule has 0 aliphatic rings. The molecule has 0 aliphatic heterocycles. The summed E-state index contributed by atoms with van der Waals surface area (Å²) in [5.41, 5.74) is 1.50. The Morgan fingerprint density at radius 1 is 1.26 bits per heavy atom. The molecule has 0 saturated carbocycles. The van der Waals surface area contributed by atoms with E-state index in [1.807, 2.05) is 12.1 Å². The van der Waals surface area contributed by atoms with E-state index in [1.165, 1.54) is 11.3 Å². The number of amides is 1. The number of carboxylic acid groups (broad SMARTS) is 1. The first-order valence-electron chi connectivity index (χ1n) is 7.06. The molecule has 7 heteroatoms. The van der Waals surface area contributed by atoms with Crippen molar-refractivity contribution in [2.75, 3.05) is 0 Å². The topological polar surface area (TPSA) is 79.3 Å². The van der Waals surface area contributed by atoms with Crippen LogP contribution in [0.4, 0.5) is 0 Å². The van der Waals surface area contributed by atoms with E-state index < -0.39 is 17.9 Å². The fourth-order valence-corrected chi connectivity index (χ4v) is 3.04. The number of rotatable bonds is 5. The highest BCUT2D eigenvalue weighted by molar-refractivity contribution is 7.17. The van der Waals surface area contributed by atoms with Gasteiger partial charge in [0, 0.05) is 16.6 Å². The zero-order valence-corrected chi connectivity index (χ0v) is 14.5. The number of carbonyl (C=O) groups excluding carboxylic acids is 1. The molecule has 0 radical (unpaired) electrons. The lowest BCUT2D eigenvalue weighted by atomic mass is 10.0. The van der Waals surface area contributed by atoms with Gasteiger partial charge in [0.05, 0.1) is 11.6 Å². The Hall–Kier alpha value is -1.92. The highest BCUT2D eigenvalue weighted by Crippen LogP contribution is 2.28. The second-order valence-electron chi connectivity index (χ2n) is 5.33. The molecule has 122 valence electrons. The van der Waals surface area contributed by atoms with Crippen molar-refractivity contribution in [2.45, 2.75) is 26.8 Å². The second-order valence-corrected chi connectivity index (χ2v) is 6.77. The van der Waals surface area contributed by atoms with Crippen molar-refractivity contribution in [1.29, 1.82) is 0 Å². The molecule has 0 saturated heterocycles. The summed E-state index contributed by atoms with van der Waals surface area (Å²) in [6, 6.07) is 6.75. The maximum atomic E-state index is 12.3. The first-order valence-corrected chi connectivity index (χ1v) is 8.26. The van der Waals surface area contributed by atoms with Gasteiger partial charge in [-0.2, -0.15) is 0 Å². The molecule has 1 heterocycles. The van der Waals surface area contributed by atoms with Crippen molar-refractivity contribution in [1.82, 2.24) is 10.3 Å². The number of hydrogen-bond acceptors (Lipinski definition) is 4. The maximum absolute atomic E-state index is 12.3. The number of aromatic nitrogens is 1. The molecule has 0 bridgehead atoms. The van der Waals surface area contributed by atoms with E-state index >= 15 is 0 Å². The predicted octanol–water partition coefficient (Wildman–Crippen LogP) is 3.61. The zero-order valence-electron chi connectivity index (χ0n) is 13.0. The van der Waals surface area contributed by atoms with Crippen LogP contribution in [-0.2, 0) is 4.79 Å². The Labute approximate surface area is 143 Å². The molecule has 2 N–H and O–H groups in total. The Bertz CT molecular complexity index is 727. The van der Waals surface area contributed by atoms with Crippen LogP contribution >= 0.6 is 22.9 Å². The molecule has 0 fully saturated rings. The molecule has 2 unspecified atom stereocenters. The fourth-order valence-electron chi connectivity index (χ4n) is 1.93. The lowest BCUT2D eigenvalue weighted by Gasteiger charge is -2.17. The van der Waals surface area contributed by atoms with Gasteiger partial charge in [-0.25, -0.2) is 4.98 Å². The van der Waals surface area contributed by atoms with Crippen LogP contribution in [-0.4, -0.2) is 28.0 Å². The van der Waals surface area contributed by atoms with Crippen LogP contribution < -0.4 is 5.32 Å². The summed E-state index contributed by atoms with van der Waals surface area (Å²) in [5.74, 6) is -1.91. The molecule has 5 nitrogen and oxygen atoms in total. The Balaban J connectivity index is 2.19. The largest absolute Gasteiger partial charge is 0.481 e. The highest BCUT2D eigenvalue weighted by Gasteiger charge is 2.23. The van der Waals surface area contributed by atoms with Gasteiger partial charge in [-0.1, -0.05) is 23.7 Å². The molecule has 0 spiro atoms. The molecule has 2 rings (SSSR count). The summed E-state index contributed by atoms with van der Waals surface area (Å²) in [6.45, 7) is 5.00. The normalized spacial score (nSPS) is 13.4. The molecule has 1 amide bonds. The average molecular weight is 353 g/mol. The minimum absolute atomic E-state index is 0.305. The Morgan fingerprint density at radius 3 is 2.43 bits per heavy atom. The van der Waals surface area contributed by atoms with Crippen molar-refractivity contribution < 1.29 is 14.7 Å². The first-order chi connectivity index (χ1) is 10.8. The standard InChI is InChI=1S/C16H17ClN2O3S/c1-8(16(21)22)9(2)18-14(20)13-10(3)19-15(23-13)11-4-6-12(17)7-5-11/h4-9H,1-3H3,(H,18,20)(H,21,22). The predicted molar refractivity (Wildman–Crippen MR) is 91.0 cm³/mol. The number of carbonyl (C=O) groups is 2. The highest BCUT2D eigenvalue weighted by atomic mass is 35.5. The summed E-state index contributed by atoms with van der Waals surface area (Å²) < 4.78 is 0. The summed E-state index contributed by atoms with van der Waals surface area (Å²) in [6.07, 6.45) is 0. The molecule has 1 aromatic carbocycles. The summed E-state index contributed by atoms with van der Waals surface area (Å²) >= 11 is 7.14. The summed E-state index contributed by atoms with van der Waals surface area (Å²) in [7, 11) is 0. The van der Waals surface area contributed by atoms with Gasteiger partial charge in [-0.3, -0.25) is 9.59 Å². The summed E-state index contributed by atoms with van der Waals surface area (Å²) in [4.78, 5) is 28.2. The van der Waals surface area contributed by atoms with Crippen LogP contribution in [0.5, 0.6) is 0 Å². The molecule has 0 aliphatic carbocycles. The molecular weight excluding hydrogens is 336 g/mol. The van der Waals surface area contributed by atoms with Gasteiger partial charge in [0.2, 0.25) is 0 Å². The lowest BCUT2D eigenvalue weighted by Crippen LogP contribution is -2.39. The number of aryl methyl sites for hydroxylation is 1. The van der Waals surface area contributed by atoms with Gasteiger partial charge in [0.1, 0.15) is 9.88 Å². The monoisotopic (exact) mass is 352 g/mol. The molecule has 2 aromatic rings. The third-order valence-electron chi connectivity index (χ3n) is 3.59. The van der Waals surface area contributed by atoms with E-state index in [4.69, 9.17) is 16.7 Å². The minimum Gasteiger partial charge on any atom is -0.481 e. The van der Waals surface area contributed by atoms with Crippen molar-refractivity contribution in [2.24, 2.45) is 5.92 Å². The van der Waals surface area contributed by atoms with E-state index in [2.05, 4.69) is 10.3 Å². The summed E-state index contributed by atoms with van der Waals surface area (Å²) in [5, 5.41) is 13.1. The maximum Gasteiger partial charge on any atom is 0.308 e. The van der Waals surface area contributed by atoms with Crippen molar-refractivity contribution in [3.63, 3.8) is 0 Å². The first kappa shape index (κ1) is 17.4. The van der Waals surface area contributed by atoms with Crippen LogP contribution in [0, 0.1) is 12.8 Å². The number of carboxylic acids is 1. The lowest BCUT2D eigenvalue weighted by molar-refractivity contribution is -0.141. The average Bonchev–Trinajstić information content (AvgIpc) is 2.89. The number of thiazole rings is 1. The number of nitrogens with one attached hydrogen (secondary N) is 1. The minimum atomic E-state index is -0.944. The van der Waals surface area contributed by atoms with Crippen molar-refractivity contribution in [3.05, 3.63) is 39.9 Å². The SMILES string of the molecule is Cc1nc(-c2ccc(Cl)cc2)sc1C(=O)NC(C)C(C)C(=O)O. The van der Waals surface area contributed by atoms with Crippen LogP contribution in [0.1, 0.15) is 29.2 Å². The third kappa shape index (κ3) is 4.09. The van der Waals surface area contributed by atoms with Crippen molar-refractivity contribution >= 4 is 34.8 Å². The van der Waals surface area contributed by atoms with Crippen molar-refractivity contribution in [3.8, 4) is 10.6 Å². The molecule has 1 aromatic heterocycles. The number of halogens is 1. The van der Waals surface area contributed by atoms with Gasteiger partial charge in [0.15, 0.2) is 0 Å². The molecule has 23 heavy (non-hydrogen) atoms. The zero-order chi connectivity index (χ0) is 17.1. The van der Waals surface area contributed by atoms with Gasteiger partial charge in [-0.15, -0.1) is 11.3 Å². The number of aliphatic carboxylic acids is 1. The van der Waals surface area contributed by atoms with Crippen LogP contribution in [0.2, 0.25) is 5.02 Å². The van der Waals surface area contributed by atoms with Gasteiger partial charge < -0.3 is 10.4 Å². The number of benzene rings is 1. The van der Waals surface area contributed by atoms with E-state index in [1.54, 1.807) is 32.9 Å². The second kappa shape index (κ2) is 7.10. The van der Waals surface area contributed by atoms with Gasteiger partial charge in [0.25, 0.3) is 5.91 Å². The van der Waals surface area contributed by atoms with E-state index in [-0.39, 0.29) is 5.91 Å². The van der Waals surface area contributed by atoms with E-state index in [0.29, 0.717) is 15.6 Å². The quantitative estimate of drug-likeness (QED) is 0.861. The Kier molecular flexibility index (Phi) is 5.38. The van der Waals surface area contributed by atoms with Gasteiger partial charge >= 0.3 is 5.97 Å². The molecule has 2 atom stereocenters. The number of hydrogen-bond donors (Lipinski definition) is 2. The third-order valence-corrected chi connectivity index (χ3v) is 5.05.